The van der Waals surface area contributed by atoms with Crippen molar-refractivity contribution in [3.63, 3.8) is 0 Å². The van der Waals surface area contributed by atoms with Crippen LogP contribution in [0.3, 0.4) is 0 Å². The summed E-state index contributed by atoms with van der Waals surface area (Å²) >= 11 is 1.61. The van der Waals surface area contributed by atoms with E-state index in [0.29, 0.717) is 23.3 Å². The molecule has 1 fully saturated rings. The molecule has 3 heterocycles. The van der Waals surface area contributed by atoms with Crippen molar-refractivity contribution in [1.29, 1.82) is 5.41 Å². The van der Waals surface area contributed by atoms with Crippen molar-refractivity contribution < 1.29 is 8.78 Å². The molecule has 0 amide bonds. The maximum absolute atomic E-state index is 12.4. The zero-order chi connectivity index (χ0) is 20.8. The average Bonchev–Trinajstić information content (AvgIpc) is 3.20. The van der Waals surface area contributed by atoms with Crippen LogP contribution in [0.25, 0.3) is 17.5 Å². The van der Waals surface area contributed by atoms with Gasteiger partial charge in [-0.1, -0.05) is 11.9 Å². The SMILES string of the molecule is CSNCC1CN(c2cc(-c3cnc(/C=C\C(=N)C(F)F)[nH]3)ncn2)CCN1C. The molecule has 0 radical (unpaired) electrons. The summed E-state index contributed by atoms with van der Waals surface area (Å²) < 4.78 is 28.1. The van der Waals surface area contributed by atoms with E-state index in [9.17, 15) is 8.78 Å². The number of halogens is 2. The molecule has 2 aromatic rings. The molecule has 29 heavy (non-hydrogen) atoms. The predicted molar refractivity (Wildman–Crippen MR) is 113 cm³/mol. The van der Waals surface area contributed by atoms with Crippen LogP contribution in [0.2, 0.25) is 0 Å². The summed E-state index contributed by atoms with van der Waals surface area (Å²) in [6, 6.07) is 2.27. The first-order chi connectivity index (χ1) is 14.0. The van der Waals surface area contributed by atoms with Gasteiger partial charge in [-0.05, 0) is 25.5 Å². The van der Waals surface area contributed by atoms with E-state index in [1.54, 1.807) is 18.1 Å². The molecule has 156 valence electrons. The molecule has 1 atom stereocenters. The van der Waals surface area contributed by atoms with Gasteiger partial charge < -0.3 is 9.88 Å². The molecule has 3 N–H and O–H groups in total. The highest BCUT2D eigenvalue weighted by Crippen LogP contribution is 2.21. The lowest BCUT2D eigenvalue weighted by Gasteiger charge is -2.40. The molecule has 0 aromatic carbocycles. The van der Waals surface area contributed by atoms with Gasteiger partial charge in [0.15, 0.2) is 0 Å². The molecule has 0 aliphatic carbocycles. The fourth-order valence-electron chi connectivity index (χ4n) is 3.01. The maximum atomic E-state index is 12.4. The highest BCUT2D eigenvalue weighted by molar-refractivity contribution is 7.96. The number of imidazole rings is 1. The Hall–Kier alpha value is -2.37. The third-order valence-corrected chi connectivity index (χ3v) is 5.20. The number of rotatable bonds is 8. The number of nitrogens with zero attached hydrogens (tertiary/aromatic N) is 5. The number of H-pyrrole nitrogens is 1. The number of likely N-dealkylation sites (N-methyl/N-ethyl adjacent to an activating group) is 1. The Morgan fingerprint density at radius 3 is 3.00 bits per heavy atom. The van der Waals surface area contributed by atoms with Gasteiger partial charge in [0.05, 0.1) is 23.3 Å². The fourth-order valence-corrected chi connectivity index (χ4v) is 3.37. The monoisotopic (exact) mass is 422 g/mol. The van der Waals surface area contributed by atoms with Crippen molar-refractivity contribution in [2.24, 2.45) is 0 Å². The van der Waals surface area contributed by atoms with E-state index in [0.717, 1.165) is 38.1 Å². The van der Waals surface area contributed by atoms with Gasteiger partial charge in [0.1, 0.15) is 18.0 Å². The fraction of sp³-hybridized carbons (Fsp3) is 0.444. The summed E-state index contributed by atoms with van der Waals surface area (Å²) in [4.78, 5) is 20.5. The van der Waals surface area contributed by atoms with Crippen LogP contribution in [0, 0.1) is 5.41 Å². The van der Waals surface area contributed by atoms with E-state index in [-0.39, 0.29) is 0 Å². The Morgan fingerprint density at radius 1 is 1.41 bits per heavy atom. The number of alkyl halides is 2. The number of hydrogen-bond acceptors (Lipinski definition) is 8. The number of aromatic nitrogens is 4. The van der Waals surface area contributed by atoms with E-state index in [2.05, 4.69) is 41.5 Å². The molecule has 2 aromatic heterocycles. The molecule has 8 nitrogen and oxygen atoms in total. The molecule has 0 bridgehead atoms. The van der Waals surface area contributed by atoms with Crippen molar-refractivity contribution in [3.05, 3.63) is 30.5 Å². The van der Waals surface area contributed by atoms with Crippen molar-refractivity contribution in [1.82, 2.24) is 29.6 Å². The van der Waals surface area contributed by atoms with E-state index in [1.807, 2.05) is 12.3 Å². The smallest absolute Gasteiger partial charge is 0.279 e. The van der Waals surface area contributed by atoms with Crippen LogP contribution in [0.1, 0.15) is 5.82 Å². The van der Waals surface area contributed by atoms with Crippen molar-refractivity contribution in [2.45, 2.75) is 12.5 Å². The Bertz CT molecular complexity index is 856. The van der Waals surface area contributed by atoms with Gasteiger partial charge in [-0.25, -0.2) is 23.7 Å². The largest absolute Gasteiger partial charge is 0.354 e. The van der Waals surface area contributed by atoms with Crippen molar-refractivity contribution in [3.8, 4) is 11.4 Å². The quantitative estimate of drug-likeness (QED) is 0.443. The Kier molecular flexibility index (Phi) is 7.29. The lowest BCUT2D eigenvalue weighted by atomic mass is 10.1. The molecule has 1 unspecified atom stereocenters. The maximum Gasteiger partial charge on any atom is 0.279 e. The second kappa shape index (κ2) is 9.90. The molecule has 11 heteroatoms. The van der Waals surface area contributed by atoms with E-state index in [1.165, 1.54) is 12.4 Å². The highest BCUT2D eigenvalue weighted by Gasteiger charge is 2.25. The average molecular weight is 423 g/mol. The van der Waals surface area contributed by atoms with Crippen LogP contribution in [-0.2, 0) is 0 Å². The number of aromatic amines is 1. The van der Waals surface area contributed by atoms with Crippen LogP contribution >= 0.6 is 11.9 Å². The number of nitrogens with one attached hydrogen (secondary N) is 3. The molecule has 3 rings (SSSR count). The Morgan fingerprint density at radius 2 is 2.24 bits per heavy atom. The summed E-state index contributed by atoms with van der Waals surface area (Å²) in [7, 11) is 2.13. The number of anilines is 1. The first-order valence-electron chi connectivity index (χ1n) is 9.11. The first-order valence-corrected chi connectivity index (χ1v) is 10.3. The standard InChI is InChI=1S/C18H24F2N8S/c1-27-5-6-28(10-12(27)8-25-29-2)17-7-14(23-11-24-17)15-9-22-16(26-15)4-3-13(21)18(19)20/h3-4,7,9,11-12,18,21,25H,5-6,8,10H2,1-2H3,(H,22,26)/b4-3-,21-13?. The molecule has 1 aliphatic heterocycles. The Labute approximate surface area is 172 Å². The zero-order valence-corrected chi connectivity index (χ0v) is 17.1. The van der Waals surface area contributed by atoms with Gasteiger partial charge in [-0.2, -0.15) is 0 Å². The van der Waals surface area contributed by atoms with Gasteiger partial charge in [-0.3, -0.25) is 15.0 Å². The van der Waals surface area contributed by atoms with Gasteiger partial charge in [0.2, 0.25) is 0 Å². The van der Waals surface area contributed by atoms with E-state index in [4.69, 9.17) is 5.41 Å². The summed E-state index contributed by atoms with van der Waals surface area (Å²) in [5.74, 6) is 1.22. The van der Waals surface area contributed by atoms with Gasteiger partial charge in [-0.15, -0.1) is 0 Å². The van der Waals surface area contributed by atoms with Gasteiger partial charge in [0.25, 0.3) is 6.43 Å². The summed E-state index contributed by atoms with van der Waals surface area (Å²) in [5, 5.41) is 7.16. The van der Waals surface area contributed by atoms with Crippen LogP contribution < -0.4 is 9.62 Å². The van der Waals surface area contributed by atoms with Crippen LogP contribution in [-0.4, -0.2) is 82.5 Å². The molecular formula is C18H24F2N8S. The first kappa shape index (κ1) is 21.3. The molecular weight excluding hydrogens is 398 g/mol. The number of allylic oxidation sites excluding steroid dienone is 1. The lowest BCUT2D eigenvalue weighted by Crippen LogP contribution is -2.54. The van der Waals surface area contributed by atoms with E-state index >= 15 is 0 Å². The molecule has 1 saturated heterocycles. The second-order valence-corrected chi connectivity index (χ2v) is 7.36. The number of hydrogen-bond donors (Lipinski definition) is 3. The van der Waals surface area contributed by atoms with Crippen LogP contribution in [0.15, 0.2) is 24.7 Å². The van der Waals surface area contributed by atoms with Crippen molar-refractivity contribution in [2.75, 3.05) is 44.4 Å². The highest BCUT2D eigenvalue weighted by atomic mass is 32.2. The van der Waals surface area contributed by atoms with Crippen LogP contribution in [0.4, 0.5) is 14.6 Å². The summed E-state index contributed by atoms with van der Waals surface area (Å²) in [5.41, 5.74) is 0.572. The zero-order valence-electron chi connectivity index (χ0n) is 16.3. The van der Waals surface area contributed by atoms with Gasteiger partial charge >= 0.3 is 0 Å². The second-order valence-electron chi connectivity index (χ2n) is 6.67. The third kappa shape index (κ3) is 5.58. The predicted octanol–water partition coefficient (Wildman–Crippen LogP) is 2.15. The minimum absolute atomic E-state index is 0.378. The third-order valence-electron chi connectivity index (χ3n) is 4.74. The topological polar surface area (TPSA) is 96.8 Å². The van der Waals surface area contributed by atoms with Crippen LogP contribution in [0.5, 0.6) is 0 Å². The van der Waals surface area contributed by atoms with E-state index < -0.39 is 12.1 Å². The molecule has 1 aliphatic rings. The summed E-state index contributed by atoms with van der Waals surface area (Å²) in [6.45, 7) is 3.55. The molecule has 0 saturated carbocycles. The normalized spacial score (nSPS) is 18.1. The number of piperazine rings is 1. The van der Waals surface area contributed by atoms with Crippen molar-refractivity contribution >= 4 is 29.6 Å². The minimum atomic E-state index is -2.80. The lowest BCUT2D eigenvalue weighted by molar-refractivity contribution is 0.220. The molecule has 0 spiro atoms. The summed E-state index contributed by atoms with van der Waals surface area (Å²) in [6.07, 6.45) is 4.70. The Balaban J connectivity index is 1.72. The minimum Gasteiger partial charge on any atom is -0.354 e. The van der Waals surface area contributed by atoms with Gasteiger partial charge in [0, 0.05) is 38.3 Å².